The Hall–Kier alpha value is -0.770. The Bertz CT molecular complexity index is 576. The molecule has 0 bridgehead atoms. The highest BCUT2D eigenvalue weighted by atomic mass is 35.5. The minimum atomic E-state index is -0.881. The predicted octanol–water partition coefficient (Wildman–Crippen LogP) is 3.13. The van der Waals surface area contributed by atoms with Crippen LogP contribution in [-0.2, 0) is 17.8 Å². The Morgan fingerprint density at radius 2 is 2.00 bits per heavy atom. The van der Waals surface area contributed by atoms with Crippen LogP contribution in [0.1, 0.15) is 30.9 Å². The summed E-state index contributed by atoms with van der Waals surface area (Å²) in [4.78, 5) is 14.5. The van der Waals surface area contributed by atoms with E-state index >= 15 is 0 Å². The van der Waals surface area contributed by atoms with Crippen LogP contribution in [0, 0.1) is 5.41 Å². The molecule has 5 heteroatoms. The van der Waals surface area contributed by atoms with Gasteiger partial charge in [0.1, 0.15) is 4.33 Å². The van der Waals surface area contributed by atoms with Crippen LogP contribution in [0.2, 0.25) is 0 Å². The molecule has 0 unspecified atom stereocenters. The average molecular weight is 341 g/mol. The van der Waals surface area contributed by atoms with Gasteiger partial charge >= 0.3 is 0 Å². The summed E-state index contributed by atoms with van der Waals surface area (Å²) < 4.78 is -0.881. The molecule has 3 rings (SSSR count). The Morgan fingerprint density at radius 3 is 2.68 bits per heavy atom. The summed E-state index contributed by atoms with van der Waals surface area (Å²) in [6.45, 7) is 5.60. The van der Waals surface area contributed by atoms with Crippen molar-refractivity contribution >= 4 is 29.1 Å². The molecule has 22 heavy (non-hydrogen) atoms. The van der Waals surface area contributed by atoms with Crippen LogP contribution in [0.25, 0.3) is 0 Å². The van der Waals surface area contributed by atoms with Gasteiger partial charge in [-0.3, -0.25) is 9.69 Å². The maximum absolute atomic E-state index is 12.1. The zero-order valence-electron chi connectivity index (χ0n) is 12.9. The van der Waals surface area contributed by atoms with E-state index in [1.54, 1.807) is 0 Å². The lowest BCUT2D eigenvalue weighted by molar-refractivity contribution is -0.125. The predicted molar refractivity (Wildman–Crippen MR) is 90.2 cm³/mol. The second kappa shape index (κ2) is 6.03. The van der Waals surface area contributed by atoms with Crippen LogP contribution >= 0.6 is 23.2 Å². The molecule has 1 aromatic rings. The van der Waals surface area contributed by atoms with Crippen molar-refractivity contribution in [2.45, 2.75) is 37.1 Å². The highest BCUT2D eigenvalue weighted by Gasteiger charge is 2.67. The van der Waals surface area contributed by atoms with Gasteiger partial charge in [-0.15, -0.1) is 23.2 Å². The van der Waals surface area contributed by atoms with E-state index in [1.807, 2.05) is 6.92 Å². The Balaban J connectivity index is 1.39. The fourth-order valence-corrected chi connectivity index (χ4v) is 3.80. The quantitative estimate of drug-likeness (QED) is 0.659. The number of fused-ring (bicyclic) bond motifs is 1. The topological polar surface area (TPSA) is 32.3 Å². The summed E-state index contributed by atoms with van der Waals surface area (Å²) in [5.74, 6) is -0.0264. The second-order valence-electron chi connectivity index (χ2n) is 6.62. The molecule has 3 nitrogen and oxygen atoms in total. The van der Waals surface area contributed by atoms with Gasteiger partial charge in [0, 0.05) is 26.2 Å². The summed E-state index contributed by atoms with van der Waals surface area (Å²) in [5, 5.41) is 2.96. The van der Waals surface area contributed by atoms with E-state index in [0.717, 1.165) is 32.5 Å². The number of amides is 1. The molecule has 1 fully saturated rings. The number of nitrogens with one attached hydrogen (secondary N) is 1. The number of nitrogens with zero attached hydrogens (tertiary/aromatic N) is 1. The van der Waals surface area contributed by atoms with Crippen LogP contribution in [-0.4, -0.2) is 34.8 Å². The fraction of sp³-hybridized carbons (Fsp3) is 0.588. The zero-order chi connectivity index (χ0) is 15.8. The van der Waals surface area contributed by atoms with Crippen molar-refractivity contribution in [3.63, 3.8) is 0 Å². The van der Waals surface area contributed by atoms with E-state index in [2.05, 4.69) is 34.5 Å². The van der Waals surface area contributed by atoms with E-state index < -0.39 is 9.75 Å². The van der Waals surface area contributed by atoms with Crippen molar-refractivity contribution in [1.82, 2.24) is 10.2 Å². The first-order valence-corrected chi connectivity index (χ1v) is 8.63. The molecule has 1 atom stereocenters. The van der Waals surface area contributed by atoms with E-state index in [1.165, 1.54) is 11.1 Å². The molecule has 1 saturated carbocycles. The van der Waals surface area contributed by atoms with Gasteiger partial charge in [0.25, 0.3) is 0 Å². The summed E-state index contributed by atoms with van der Waals surface area (Å²) in [7, 11) is 0. The van der Waals surface area contributed by atoms with Crippen molar-refractivity contribution in [2.24, 2.45) is 5.41 Å². The molecule has 1 amide bonds. The molecule has 0 radical (unpaired) electrons. The van der Waals surface area contributed by atoms with Gasteiger partial charge in [0.05, 0.1) is 5.41 Å². The first-order chi connectivity index (χ1) is 10.4. The van der Waals surface area contributed by atoms with Crippen molar-refractivity contribution in [2.75, 3.05) is 19.6 Å². The van der Waals surface area contributed by atoms with E-state index in [0.29, 0.717) is 13.0 Å². The van der Waals surface area contributed by atoms with Crippen molar-refractivity contribution in [1.29, 1.82) is 0 Å². The van der Waals surface area contributed by atoms with Crippen LogP contribution < -0.4 is 5.32 Å². The minimum absolute atomic E-state index is 0.0264. The Kier molecular flexibility index (Phi) is 4.41. The van der Waals surface area contributed by atoms with E-state index in [4.69, 9.17) is 23.2 Å². The van der Waals surface area contributed by atoms with Crippen LogP contribution in [0.15, 0.2) is 24.3 Å². The third-order valence-corrected chi connectivity index (χ3v) is 6.01. The van der Waals surface area contributed by atoms with E-state index in [9.17, 15) is 4.79 Å². The third-order valence-electron chi connectivity index (χ3n) is 4.91. The SMILES string of the molecule is C[C@@]1(C(=O)NCCCN2CCc3ccccc3C2)CC1(Cl)Cl. The van der Waals surface area contributed by atoms with Crippen molar-refractivity contribution < 1.29 is 4.79 Å². The molecule has 1 aliphatic heterocycles. The molecule has 1 N–H and O–H groups in total. The molecule has 1 heterocycles. The van der Waals surface area contributed by atoms with Gasteiger partial charge < -0.3 is 5.32 Å². The number of benzene rings is 1. The number of hydrogen-bond acceptors (Lipinski definition) is 2. The normalized spacial score (nSPS) is 26.3. The van der Waals surface area contributed by atoms with Crippen LogP contribution in [0.5, 0.6) is 0 Å². The van der Waals surface area contributed by atoms with Gasteiger partial charge in [-0.05, 0) is 37.3 Å². The molecular formula is C17H22Cl2N2O. The minimum Gasteiger partial charge on any atom is -0.355 e. The fourth-order valence-electron chi connectivity index (χ4n) is 3.09. The summed E-state index contributed by atoms with van der Waals surface area (Å²) in [6.07, 6.45) is 2.60. The molecule has 0 saturated heterocycles. The smallest absolute Gasteiger partial charge is 0.229 e. The number of carbonyl (C=O) groups excluding carboxylic acids is 1. The number of hydrogen-bond donors (Lipinski definition) is 1. The molecule has 1 aromatic carbocycles. The van der Waals surface area contributed by atoms with Crippen LogP contribution in [0.4, 0.5) is 0 Å². The average Bonchev–Trinajstić information content (AvgIpc) is 3.03. The largest absolute Gasteiger partial charge is 0.355 e. The number of alkyl halides is 2. The molecular weight excluding hydrogens is 319 g/mol. The summed E-state index contributed by atoms with van der Waals surface area (Å²) >= 11 is 12.0. The molecule has 0 spiro atoms. The third kappa shape index (κ3) is 3.12. The number of rotatable bonds is 5. The van der Waals surface area contributed by atoms with Gasteiger partial charge in [-0.2, -0.15) is 0 Å². The second-order valence-corrected chi connectivity index (χ2v) is 8.10. The van der Waals surface area contributed by atoms with Crippen molar-refractivity contribution in [3.8, 4) is 0 Å². The van der Waals surface area contributed by atoms with Gasteiger partial charge in [-0.25, -0.2) is 0 Å². The lowest BCUT2D eigenvalue weighted by Crippen LogP contribution is -2.36. The highest BCUT2D eigenvalue weighted by Crippen LogP contribution is 2.63. The molecule has 2 aliphatic rings. The molecule has 1 aliphatic carbocycles. The lowest BCUT2D eigenvalue weighted by Gasteiger charge is -2.28. The lowest BCUT2D eigenvalue weighted by atomic mass is 10.00. The monoisotopic (exact) mass is 340 g/mol. The standard InChI is InChI=1S/C17H22Cl2N2O/c1-16(12-17(16,18)19)15(22)20-8-4-9-21-10-7-13-5-2-3-6-14(13)11-21/h2-3,5-6H,4,7-12H2,1H3,(H,20,22)/t16-/m0/s1. The number of carbonyl (C=O) groups is 1. The first kappa shape index (κ1) is 16.1. The summed E-state index contributed by atoms with van der Waals surface area (Å²) in [6, 6.07) is 8.63. The zero-order valence-corrected chi connectivity index (χ0v) is 14.4. The molecule has 0 aromatic heterocycles. The maximum atomic E-state index is 12.1. The number of halogens is 2. The van der Waals surface area contributed by atoms with Gasteiger partial charge in [0.2, 0.25) is 5.91 Å². The van der Waals surface area contributed by atoms with Gasteiger partial charge in [-0.1, -0.05) is 24.3 Å². The van der Waals surface area contributed by atoms with Crippen LogP contribution in [0.3, 0.4) is 0 Å². The maximum Gasteiger partial charge on any atom is 0.229 e. The Morgan fingerprint density at radius 1 is 1.32 bits per heavy atom. The van der Waals surface area contributed by atoms with E-state index in [-0.39, 0.29) is 5.91 Å². The highest BCUT2D eigenvalue weighted by molar-refractivity contribution is 6.53. The summed E-state index contributed by atoms with van der Waals surface area (Å²) in [5.41, 5.74) is 2.28. The Labute approximate surface area is 142 Å². The first-order valence-electron chi connectivity index (χ1n) is 7.88. The van der Waals surface area contributed by atoms with Crippen molar-refractivity contribution in [3.05, 3.63) is 35.4 Å². The van der Waals surface area contributed by atoms with Gasteiger partial charge in [0.15, 0.2) is 0 Å². The molecule has 120 valence electrons.